The van der Waals surface area contributed by atoms with Crippen LogP contribution in [0.15, 0.2) is 12.2 Å². The predicted molar refractivity (Wildman–Crippen MR) is 45.9 cm³/mol. The molecule has 0 N–H and O–H groups in total. The van der Waals surface area contributed by atoms with Gasteiger partial charge in [0.15, 0.2) is 0 Å². The molecule has 2 heterocycles. The zero-order valence-electron chi connectivity index (χ0n) is 6.97. The van der Waals surface area contributed by atoms with Crippen molar-refractivity contribution in [1.29, 1.82) is 0 Å². The molecular formula is C8H12NO2S-. The van der Waals surface area contributed by atoms with Crippen molar-refractivity contribution in [2.75, 3.05) is 0 Å². The van der Waals surface area contributed by atoms with Gasteiger partial charge in [-0.05, 0) is 18.8 Å². The van der Waals surface area contributed by atoms with Gasteiger partial charge >= 0.3 is 0 Å². The van der Waals surface area contributed by atoms with Crippen molar-refractivity contribution in [1.82, 2.24) is 4.31 Å². The number of fused-ring (bicyclic) bond motifs is 2. The van der Waals surface area contributed by atoms with Crippen molar-refractivity contribution < 1.29 is 8.76 Å². The van der Waals surface area contributed by atoms with Crippen LogP contribution in [0.25, 0.3) is 0 Å². The molecule has 0 amide bonds. The molecule has 3 atom stereocenters. The SMILES string of the molecule is CC1C[C@@H]2C=C[C@@H](C1)N2S(=O)[O-]. The molecule has 4 heteroatoms. The number of hydrogen-bond donors (Lipinski definition) is 0. The largest absolute Gasteiger partial charge is 0.760 e. The van der Waals surface area contributed by atoms with Gasteiger partial charge < -0.3 is 4.55 Å². The van der Waals surface area contributed by atoms with E-state index in [0.29, 0.717) is 5.92 Å². The van der Waals surface area contributed by atoms with Crippen LogP contribution in [0.3, 0.4) is 0 Å². The van der Waals surface area contributed by atoms with Crippen molar-refractivity contribution >= 4 is 11.3 Å². The maximum Gasteiger partial charge on any atom is 0.0404 e. The molecule has 2 aliphatic heterocycles. The van der Waals surface area contributed by atoms with E-state index in [-0.39, 0.29) is 12.1 Å². The van der Waals surface area contributed by atoms with E-state index in [1.54, 1.807) is 4.31 Å². The summed E-state index contributed by atoms with van der Waals surface area (Å²) in [5.41, 5.74) is 0. The van der Waals surface area contributed by atoms with Gasteiger partial charge in [0.1, 0.15) is 0 Å². The predicted octanol–water partition coefficient (Wildman–Crippen LogP) is 0.819. The molecule has 2 bridgehead atoms. The first-order valence-electron chi connectivity index (χ1n) is 4.24. The first-order chi connectivity index (χ1) is 5.68. The third-order valence-corrected chi connectivity index (χ3v) is 3.55. The van der Waals surface area contributed by atoms with Crippen LogP contribution in [-0.2, 0) is 11.3 Å². The number of rotatable bonds is 1. The summed E-state index contributed by atoms with van der Waals surface area (Å²) >= 11 is -2.04. The first kappa shape index (κ1) is 8.41. The molecule has 1 fully saturated rings. The standard InChI is InChI=1S/C8H13NO2S/c1-6-4-7-2-3-8(5-6)9(7)12(10)11/h2-3,6-8H,4-5H2,1H3,(H,10,11)/p-1/t7-,8-/m0/s1. The van der Waals surface area contributed by atoms with E-state index in [4.69, 9.17) is 0 Å². The van der Waals surface area contributed by atoms with E-state index in [1.807, 2.05) is 12.2 Å². The zero-order chi connectivity index (χ0) is 8.72. The van der Waals surface area contributed by atoms with E-state index in [0.717, 1.165) is 12.8 Å². The van der Waals surface area contributed by atoms with Gasteiger partial charge in [0, 0.05) is 23.4 Å². The van der Waals surface area contributed by atoms with Crippen LogP contribution in [0.4, 0.5) is 0 Å². The van der Waals surface area contributed by atoms with Crippen molar-refractivity contribution in [2.24, 2.45) is 5.92 Å². The average molecular weight is 186 g/mol. The molecular weight excluding hydrogens is 174 g/mol. The van der Waals surface area contributed by atoms with Crippen molar-refractivity contribution in [3.05, 3.63) is 12.2 Å². The van der Waals surface area contributed by atoms with E-state index in [1.165, 1.54) is 0 Å². The molecule has 2 rings (SSSR count). The Morgan fingerprint density at radius 2 is 1.92 bits per heavy atom. The Hall–Kier alpha value is -0.190. The van der Waals surface area contributed by atoms with Gasteiger partial charge in [-0.15, -0.1) is 0 Å². The lowest BCUT2D eigenvalue weighted by atomic mass is 9.94. The van der Waals surface area contributed by atoms with Crippen molar-refractivity contribution in [3.8, 4) is 0 Å². The fourth-order valence-corrected chi connectivity index (χ4v) is 2.93. The van der Waals surface area contributed by atoms with E-state index < -0.39 is 11.3 Å². The zero-order valence-corrected chi connectivity index (χ0v) is 7.79. The highest BCUT2D eigenvalue weighted by atomic mass is 32.2. The highest BCUT2D eigenvalue weighted by Gasteiger charge is 2.35. The molecule has 0 saturated carbocycles. The average Bonchev–Trinajstić information content (AvgIpc) is 2.24. The summed E-state index contributed by atoms with van der Waals surface area (Å²) in [7, 11) is 0. The normalized spacial score (nSPS) is 43.3. The van der Waals surface area contributed by atoms with Gasteiger partial charge in [-0.25, -0.2) is 4.31 Å². The molecule has 0 radical (unpaired) electrons. The van der Waals surface area contributed by atoms with Crippen LogP contribution in [-0.4, -0.2) is 25.2 Å². The summed E-state index contributed by atoms with van der Waals surface area (Å²) < 4.78 is 23.2. The lowest BCUT2D eigenvalue weighted by Crippen LogP contribution is -2.43. The summed E-state index contributed by atoms with van der Waals surface area (Å²) in [4.78, 5) is 0. The molecule has 0 aromatic rings. The molecule has 1 saturated heterocycles. The van der Waals surface area contributed by atoms with Gasteiger partial charge in [0.05, 0.1) is 0 Å². The van der Waals surface area contributed by atoms with E-state index in [2.05, 4.69) is 6.92 Å². The minimum atomic E-state index is -2.04. The Bertz CT molecular complexity index is 225. The Labute approximate surface area is 74.9 Å². The van der Waals surface area contributed by atoms with Crippen LogP contribution in [0.2, 0.25) is 0 Å². The second kappa shape index (κ2) is 2.94. The number of hydrogen-bond acceptors (Lipinski definition) is 2. The molecule has 1 unspecified atom stereocenters. The van der Waals surface area contributed by atoms with Gasteiger partial charge in [0.2, 0.25) is 0 Å². The van der Waals surface area contributed by atoms with Crippen molar-refractivity contribution in [3.63, 3.8) is 0 Å². The molecule has 0 spiro atoms. The highest BCUT2D eigenvalue weighted by molar-refractivity contribution is 7.76. The van der Waals surface area contributed by atoms with Gasteiger partial charge in [-0.3, -0.25) is 4.21 Å². The van der Waals surface area contributed by atoms with Crippen LogP contribution in [0, 0.1) is 5.92 Å². The summed E-state index contributed by atoms with van der Waals surface area (Å²) in [5, 5.41) is 0. The quantitative estimate of drug-likeness (QED) is 0.449. The topological polar surface area (TPSA) is 43.4 Å². The molecule has 12 heavy (non-hydrogen) atoms. The smallest absolute Gasteiger partial charge is 0.0404 e. The monoisotopic (exact) mass is 186 g/mol. The summed E-state index contributed by atoms with van der Waals surface area (Å²) in [5.74, 6) is 0.648. The van der Waals surface area contributed by atoms with E-state index in [9.17, 15) is 8.76 Å². The maximum atomic E-state index is 10.8. The highest BCUT2D eigenvalue weighted by Crippen LogP contribution is 2.34. The van der Waals surface area contributed by atoms with Crippen LogP contribution >= 0.6 is 0 Å². The fourth-order valence-electron chi connectivity index (χ4n) is 2.18. The Morgan fingerprint density at radius 3 is 2.33 bits per heavy atom. The summed E-state index contributed by atoms with van der Waals surface area (Å²) in [6.45, 7) is 2.18. The molecule has 3 nitrogen and oxygen atoms in total. The molecule has 0 aromatic heterocycles. The third-order valence-electron chi connectivity index (χ3n) is 2.67. The molecule has 2 aliphatic rings. The van der Waals surface area contributed by atoms with Gasteiger partial charge in [-0.1, -0.05) is 19.1 Å². The third kappa shape index (κ3) is 1.24. The lowest BCUT2D eigenvalue weighted by Gasteiger charge is -2.38. The molecule has 68 valence electrons. The molecule has 0 aromatic carbocycles. The first-order valence-corrected chi connectivity index (χ1v) is 5.27. The van der Waals surface area contributed by atoms with Crippen molar-refractivity contribution in [2.45, 2.75) is 31.8 Å². The maximum absolute atomic E-state index is 10.8. The number of piperidine rings is 1. The Kier molecular flexibility index (Phi) is 2.06. The summed E-state index contributed by atoms with van der Waals surface area (Å²) in [6, 6.07) is 0.272. The Balaban J connectivity index is 2.17. The minimum absolute atomic E-state index is 0.136. The minimum Gasteiger partial charge on any atom is -0.760 e. The second-order valence-electron chi connectivity index (χ2n) is 3.67. The van der Waals surface area contributed by atoms with Crippen LogP contribution in [0.5, 0.6) is 0 Å². The second-order valence-corrected chi connectivity index (χ2v) is 4.53. The molecule has 0 aliphatic carbocycles. The number of nitrogens with zero attached hydrogens (tertiary/aromatic N) is 1. The van der Waals surface area contributed by atoms with Gasteiger partial charge in [0.25, 0.3) is 0 Å². The fraction of sp³-hybridized carbons (Fsp3) is 0.750. The van der Waals surface area contributed by atoms with E-state index >= 15 is 0 Å². The van der Waals surface area contributed by atoms with Gasteiger partial charge in [-0.2, -0.15) is 0 Å². The Morgan fingerprint density at radius 1 is 1.42 bits per heavy atom. The lowest BCUT2D eigenvalue weighted by molar-refractivity contribution is 0.211. The van der Waals surface area contributed by atoms with Crippen LogP contribution in [0.1, 0.15) is 19.8 Å². The summed E-state index contributed by atoms with van der Waals surface area (Å²) in [6.07, 6.45) is 5.98. The van der Waals surface area contributed by atoms with Crippen LogP contribution < -0.4 is 0 Å².